The number of anilines is 1. The SMILES string of the molecule is CC(C)[Si](C#Cc1c(F)ccc2cc(OC(=O)OC(C)(C)C)cc(-c3ncc4c(N5CC6CCC(C5)N6C(=O)OC(C)(C)C)nc(OCC=O)nc4c3F)c12)(C(C)C)C(C)C. The summed E-state index contributed by atoms with van der Waals surface area (Å²) in [6.07, 6.45) is 2.08. The largest absolute Gasteiger partial charge is 0.514 e. The third-order valence-electron chi connectivity index (χ3n) is 11.5. The van der Waals surface area contributed by atoms with Crippen LogP contribution in [0.4, 0.5) is 24.2 Å². The Morgan fingerprint density at radius 1 is 0.918 bits per heavy atom. The zero-order chi connectivity index (χ0) is 44.8. The summed E-state index contributed by atoms with van der Waals surface area (Å²) >= 11 is 0. The zero-order valence-electron chi connectivity index (χ0n) is 37.2. The second-order valence-electron chi connectivity index (χ2n) is 18.9. The van der Waals surface area contributed by atoms with Crippen molar-refractivity contribution >= 4 is 54.1 Å². The van der Waals surface area contributed by atoms with Gasteiger partial charge in [-0.3, -0.25) is 14.7 Å². The molecule has 2 aromatic heterocycles. The van der Waals surface area contributed by atoms with E-state index in [1.807, 2.05) is 25.7 Å². The molecule has 2 aromatic carbocycles. The number of halogens is 2. The predicted molar refractivity (Wildman–Crippen MR) is 234 cm³/mol. The maximum atomic E-state index is 17.5. The molecular weight excluding hydrogens is 801 g/mol. The molecule has 15 heteroatoms. The zero-order valence-corrected chi connectivity index (χ0v) is 38.2. The highest BCUT2D eigenvalue weighted by Crippen LogP contribution is 2.43. The molecule has 0 aliphatic carbocycles. The van der Waals surface area contributed by atoms with Gasteiger partial charge in [-0.15, -0.1) is 5.54 Å². The first-order valence-electron chi connectivity index (χ1n) is 20.9. The Kier molecular flexibility index (Phi) is 12.7. The Balaban J connectivity index is 1.56. The number of aldehydes is 1. The fraction of sp³-hybridized carbons (Fsp3) is 0.522. The van der Waals surface area contributed by atoms with Crippen molar-refractivity contribution in [1.29, 1.82) is 0 Å². The fourth-order valence-electron chi connectivity index (χ4n) is 9.06. The van der Waals surface area contributed by atoms with Gasteiger partial charge in [0.05, 0.1) is 23.0 Å². The van der Waals surface area contributed by atoms with E-state index in [4.69, 9.17) is 18.9 Å². The first-order valence-corrected chi connectivity index (χ1v) is 23.2. The van der Waals surface area contributed by atoms with Gasteiger partial charge in [-0.2, -0.15) is 9.97 Å². The Bertz CT molecular complexity index is 2380. The molecular formula is C46H57F2N5O7Si. The Labute approximate surface area is 357 Å². The lowest BCUT2D eigenvalue weighted by Crippen LogP contribution is -2.57. The van der Waals surface area contributed by atoms with Gasteiger partial charge in [0.15, 0.2) is 12.1 Å². The van der Waals surface area contributed by atoms with Crippen molar-refractivity contribution in [2.75, 3.05) is 24.6 Å². The van der Waals surface area contributed by atoms with Gasteiger partial charge < -0.3 is 23.8 Å². The molecule has 0 saturated carbocycles. The van der Waals surface area contributed by atoms with Gasteiger partial charge in [0.1, 0.15) is 54.5 Å². The average Bonchev–Trinajstić information content (AvgIpc) is 3.42. The summed E-state index contributed by atoms with van der Waals surface area (Å²) in [5.74, 6) is 2.09. The van der Waals surface area contributed by atoms with Gasteiger partial charge in [-0.05, 0) is 94.6 Å². The van der Waals surface area contributed by atoms with Crippen LogP contribution in [0.1, 0.15) is 101 Å². The van der Waals surface area contributed by atoms with Crippen LogP contribution in [0.5, 0.6) is 11.8 Å². The van der Waals surface area contributed by atoms with Crippen molar-refractivity contribution in [3.63, 3.8) is 0 Å². The van der Waals surface area contributed by atoms with E-state index in [9.17, 15) is 14.4 Å². The Hall–Kier alpha value is -5.36. The molecule has 4 heterocycles. The molecule has 2 aliphatic rings. The topological polar surface area (TPSA) is 133 Å². The summed E-state index contributed by atoms with van der Waals surface area (Å²) in [5.41, 5.74) is 2.62. The van der Waals surface area contributed by atoms with E-state index in [0.29, 0.717) is 30.6 Å². The van der Waals surface area contributed by atoms with Crippen LogP contribution in [0.2, 0.25) is 16.6 Å². The van der Waals surface area contributed by atoms with E-state index in [1.165, 1.54) is 24.4 Å². The number of carbonyl (C=O) groups excluding carboxylic acids is 3. The molecule has 12 nitrogen and oxygen atoms in total. The van der Waals surface area contributed by atoms with Crippen molar-refractivity contribution in [3.8, 4) is 34.5 Å². The Morgan fingerprint density at radius 3 is 2.11 bits per heavy atom. The molecule has 2 atom stereocenters. The third-order valence-corrected chi connectivity index (χ3v) is 17.8. The van der Waals surface area contributed by atoms with Crippen LogP contribution < -0.4 is 14.4 Å². The predicted octanol–water partition coefficient (Wildman–Crippen LogP) is 10.2. The molecule has 0 spiro atoms. The van der Waals surface area contributed by atoms with Gasteiger partial charge in [-0.25, -0.2) is 18.4 Å². The number of aromatic nitrogens is 3. The lowest BCUT2D eigenvalue weighted by molar-refractivity contribution is -0.109. The summed E-state index contributed by atoms with van der Waals surface area (Å²) in [6.45, 7) is 23.9. The van der Waals surface area contributed by atoms with E-state index in [2.05, 4.69) is 68.0 Å². The smallest absolute Gasteiger partial charge is 0.456 e. The van der Waals surface area contributed by atoms with Crippen LogP contribution in [0.3, 0.4) is 0 Å². The second kappa shape index (κ2) is 17.2. The molecule has 0 N–H and O–H groups in total. The van der Waals surface area contributed by atoms with Crippen LogP contribution in [0, 0.1) is 23.1 Å². The number of amides is 1. The minimum Gasteiger partial charge on any atom is -0.456 e. The highest BCUT2D eigenvalue weighted by atomic mass is 28.3. The van der Waals surface area contributed by atoms with Crippen LogP contribution in [0.25, 0.3) is 32.9 Å². The maximum Gasteiger partial charge on any atom is 0.514 e. The van der Waals surface area contributed by atoms with Crippen molar-refractivity contribution in [1.82, 2.24) is 19.9 Å². The number of ether oxygens (including phenoxy) is 4. The molecule has 6 rings (SSSR count). The molecule has 2 aliphatic heterocycles. The normalized spacial score (nSPS) is 16.9. The average molecular weight is 858 g/mol. The van der Waals surface area contributed by atoms with Crippen molar-refractivity contribution in [3.05, 3.63) is 47.7 Å². The van der Waals surface area contributed by atoms with Crippen LogP contribution in [-0.4, -0.2) is 89.4 Å². The minimum absolute atomic E-state index is 0.00976. The standard InChI is InChI=1S/C46H57F2N5O7Si/c1-26(2)61(27(3)4,28(5)6)20-17-33-36(47)16-13-29-21-32(58-44(56)60-46(10,11)12)22-34(37(29)33)39-38(48)40-35(23-49-39)41(51-42(50-40)57-19-18-54)52-24-30-14-15-31(25-52)53(30)43(55)59-45(7,8)9/h13,16,18,21-23,26-28,30-31H,14-15,19,24-25H2,1-12H3. The number of carbonyl (C=O) groups is 3. The molecule has 2 saturated heterocycles. The number of rotatable bonds is 9. The van der Waals surface area contributed by atoms with E-state index >= 15 is 8.78 Å². The van der Waals surface area contributed by atoms with Gasteiger partial charge in [-0.1, -0.05) is 53.5 Å². The monoisotopic (exact) mass is 857 g/mol. The first kappa shape index (κ1) is 45.2. The quantitative estimate of drug-likeness (QED) is 0.0524. The van der Waals surface area contributed by atoms with Gasteiger partial charge in [0.2, 0.25) is 0 Å². The summed E-state index contributed by atoms with van der Waals surface area (Å²) in [7, 11) is -2.38. The van der Waals surface area contributed by atoms with Gasteiger partial charge in [0.25, 0.3) is 0 Å². The first-order chi connectivity index (χ1) is 28.5. The number of nitrogens with zero attached hydrogens (tertiary/aromatic N) is 5. The van der Waals surface area contributed by atoms with Crippen LogP contribution in [-0.2, 0) is 14.3 Å². The molecule has 2 bridgehead atoms. The third kappa shape index (κ3) is 9.29. The highest BCUT2D eigenvalue weighted by Gasteiger charge is 2.45. The Morgan fingerprint density at radius 2 is 1.54 bits per heavy atom. The number of fused-ring (bicyclic) bond motifs is 4. The highest BCUT2D eigenvalue weighted by molar-refractivity contribution is 6.90. The van der Waals surface area contributed by atoms with E-state index in [1.54, 1.807) is 31.7 Å². The molecule has 1 amide bonds. The molecule has 326 valence electrons. The number of hydrogen-bond donors (Lipinski definition) is 0. The lowest BCUT2D eigenvalue weighted by Gasteiger charge is -2.42. The summed E-state index contributed by atoms with van der Waals surface area (Å²) < 4.78 is 56.2. The van der Waals surface area contributed by atoms with Crippen molar-refractivity contribution in [2.45, 2.75) is 136 Å². The van der Waals surface area contributed by atoms with Crippen molar-refractivity contribution < 1.29 is 42.1 Å². The molecule has 2 unspecified atom stereocenters. The van der Waals surface area contributed by atoms with Crippen molar-refractivity contribution in [2.24, 2.45) is 0 Å². The fourth-order valence-corrected chi connectivity index (χ4v) is 14.3. The van der Waals surface area contributed by atoms with Crippen LogP contribution >= 0.6 is 0 Å². The van der Waals surface area contributed by atoms with E-state index in [0.717, 1.165) is 12.8 Å². The second-order valence-corrected chi connectivity index (χ2v) is 24.5. The molecule has 61 heavy (non-hydrogen) atoms. The summed E-state index contributed by atoms with van der Waals surface area (Å²) in [6, 6.07) is 5.16. The number of benzene rings is 2. The minimum atomic E-state index is -2.38. The maximum absolute atomic E-state index is 17.5. The molecule has 4 aromatic rings. The summed E-state index contributed by atoms with van der Waals surface area (Å²) in [5, 5.41) is 0.948. The lowest BCUT2D eigenvalue weighted by atomic mass is 9.95. The van der Waals surface area contributed by atoms with Crippen LogP contribution in [0.15, 0.2) is 30.5 Å². The molecule has 2 fully saturated rings. The molecule has 0 radical (unpaired) electrons. The number of hydrogen-bond acceptors (Lipinski definition) is 11. The van der Waals surface area contributed by atoms with E-state index in [-0.39, 0.29) is 80.2 Å². The number of piperazine rings is 1. The van der Waals surface area contributed by atoms with E-state index < -0.39 is 43.2 Å². The summed E-state index contributed by atoms with van der Waals surface area (Å²) in [4.78, 5) is 55.1. The van der Waals surface area contributed by atoms with Gasteiger partial charge in [0, 0.05) is 30.2 Å². The number of pyridine rings is 1. The van der Waals surface area contributed by atoms with Gasteiger partial charge >= 0.3 is 18.3 Å².